The Labute approximate surface area is 163 Å². The first kappa shape index (κ1) is 20.9. The molecule has 1 aliphatic carbocycles. The van der Waals surface area contributed by atoms with E-state index in [1.165, 1.54) is 12.3 Å². The molecule has 5 nitrogen and oxygen atoms in total. The van der Waals surface area contributed by atoms with Gasteiger partial charge in [-0.05, 0) is 39.2 Å². The van der Waals surface area contributed by atoms with Gasteiger partial charge < -0.3 is 14.4 Å². The normalized spacial score (nSPS) is 23.2. The van der Waals surface area contributed by atoms with Gasteiger partial charge in [-0.1, -0.05) is 19.3 Å². The Morgan fingerprint density at radius 1 is 1.29 bits per heavy atom. The van der Waals surface area contributed by atoms with Crippen LogP contribution >= 0.6 is 0 Å². The lowest BCUT2D eigenvalue weighted by Gasteiger charge is -2.31. The van der Waals surface area contributed by atoms with Crippen LogP contribution in [0.2, 0.25) is 0 Å². The van der Waals surface area contributed by atoms with Crippen molar-refractivity contribution in [2.24, 2.45) is 5.41 Å². The Morgan fingerprint density at radius 2 is 2.00 bits per heavy atom. The average molecular weight is 400 g/mol. The third kappa shape index (κ3) is 4.26. The number of ether oxygens (including phenoxy) is 2. The number of anilines is 1. The highest BCUT2D eigenvalue weighted by molar-refractivity contribution is 6.00. The van der Waals surface area contributed by atoms with Crippen molar-refractivity contribution in [3.05, 3.63) is 18.3 Å². The highest BCUT2D eigenvalue weighted by atomic mass is 19.4. The lowest BCUT2D eigenvalue weighted by atomic mass is 9.72. The van der Waals surface area contributed by atoms with Crippen LogP contribution in [0.1, 0.15) is 52.4 Å². The second kappa shape index (κ2) is 8.27. The first-order chi connectivity index (χ1) is 13.3. The van der Waals surface area contributed by atoms with Crippen LogP contribution in [0, 0.1) is 5.41 Å². The number of rotatable bonds is 6. The van der Waals surface area contributed by atoms with Crippen molar-refractivity contribution < 1.29 is 27.4 Å². The zero-order chi connectivity index (χ0) is 20.4. The van der Waals surface area contributed by atoms with Crippen molar-refractivity contribution in [1.29, 1.82) is 0 Å². The molecule has 3 rings (SSSR count). The number of aromatic nitrogens is 1. The maximum absolute atomic E-state index is 13.3. The lowest BCUT2D eigenvalue weighted by molar-refractivity contribution is -0.189. The summed E-state index contributed by atoms with van der Waals surface area (Å²) in [6.45, 7) is 3.84. The predicted molar refractivity (Wildman–Crippen MR) is 98.3 cm³/mol. The summed E-state index contributed by atoms with van der Waals surface area (Å²) in [5.41, 5.74) is 0.226. The summed E-state index contributed by atoms with van der Waals surface area (Å²) < 4.78 is 48.5. The summed E-state index contributed by atoms with van der Waals surface area (Å²) in [7, 11) is 0. The first-order valence-electron chi connectivity index (χ1n) is 9.88. The van der Waals surface area contributed by atoms with E-state index in [0.717, 1.165) is 45.4 Å². The number of halogens is 3. The summed E-state index contributed by atoms with van der Waals surface area (Å²) in [5, 5.41) is 0. The second-order valence-electron chi connectivity index (χ2n) is 7.69. The molecule has 1 aromatic rings. The number of carbonyl (C=O) groups excluding carboxylic acids is 1. The standard InChI is InChI=1S/C20H27F3N2O3/c1-3-27-13-16-11-19(9-5-4-6-10-19)18(26)25(16)15-7-8-17(24-12-15)28-14(2)20(21,22)23/h7-8,12,14,16H,3-6,9-11,13H2,1-2H3/t14-,16?/m1/s1. The molecule has 1 aliphatic heterocycles. The number of amides is 1. The molecule has 8 heteroatoms. The van der Waals surface area contributed by atoms with E-state index in [0.29, 0.717) is 18.9 Å². The number of nitrogens with zero attached hydrogens (tertiary/aromatic N) is 2. The molecule has 2 aliphatic rings. The van der Waals surface area contributed by atoms with Gasteiger partial charge in [0.1, 0.15) is 0 Å². The maximum atomic E-state index is 13.3. The van der Waals surface area contributed by atoms with Gasteiger partial charge in [0.2, 0.25) is 11.8 Å². The van der Waals surface area contributed by atoms with E-state index in [1.54, 1.807) is 11.0 Å². The van der Waals surface area contributed by atoms with Crippen molar-refractivity contribution in [3.63, 3.8) is 0 Å². The van der Waals surface area contributed by atoms with Crippen molar-refractivity contribution in [3.8, 4) is 5.88 Å². The number of hydrogen-bond acceptors (Lipinski definition) is 4. The third-order valence-corrected chi connectivity index (χ3v) is 5.75. The zero-order valence-corrected chi connectivity index (χ0v) is 16.3. The molecule has 2 atom stereocenters. The molecule has 1 unspecified atom stereocenters. The molecule has 0 N–H and O–H groups in total. The predicted octanol–water partition coefficient (Wildman–Crippen LogP) is 4.50. The molecule has 0 bridgehead atoms. The van der Waals surface area contributed by atoms with Gasteiger partial charge in [-0.2, -0.15) is 13.2 Å². The molecule has 1 saturated carbocycles. The summed E-state index contributed by atoms with van der Waals surface area (Å²) in [4.78, 5) is 19.0. The van der Waals surface area contributed by atoms with E-state index in [-0.39, 0.29) is 23.2 Å². The van der Waals surface area contributed by atoms with Crippen LogP contribution in [0.15, 0.2) is 18.3 Å². The smallest absolute Gasteiger partial charge is 0.425 e. The van der Waals surface area contributed by atoms with Crippen LogP contribution in [-0.4, -0.2) is 42.4 Å². The summed E-state index contributed by atoms with van der Waals surface area (Å²) >= 11 is 0. The molecular formula is C20H27F3N2O3. The van der Waals surface area contributed by atoms with Gasteiger partial charge in [0.15, 0.2) is 6.10 Å². The Balaban J connectivity index is 1.79. The topological polar surface area (TPSA) is 51.7 Å². The second-order valence-corrected chi connectivity index (χ2v) is 7.69. The molecule has 2 fully saturated rings. The van der Waals surface area contributed by atoms with E-state index < -0.39 is 12.3 Å². The van der Waals surface area contributed by atoms with Crippen molar-refractivity contribution >= 4 is 11.6 Å². The fraction of sp³-hybridized carbons (Fsp3) is 0.700. The van der Waals surface area contributed by atoms with E-state index in [1.807, 2.05) is 6.92 Å². The van der Waals surface area contributed by atoms with Crippen LogP contribution in [0.25, 0.3) is 0 Å². The Kier molecular flexibility index (Phi) is 6.17. The molecule has 28 heavy (non-hydrogen) atoms. The Hall–Kier alpha value is -1.83. The largest absolute Gasteiger partial charge is 0.465 e. The summed E-state index contributed by atoms with van der Waals surface area (Å²) in [5.74, 6) is -0.0370. The molecule has 0 radical (unpaired) electrons. The lowest BCUT2D eigenvalue weighted by Crippen LogP contribution is -2.39. The quantitative estimate of drug-likeness (QED) is 0.705. The fourth-order valence-electron chi connectivity index (χ4n) is 4.25. The fourth-order valence-corrected chi connectivity index (χ4v) is 4.25. The molecule has 0 aromatic carbocycles. The number of alkyl halides is 3. The van der Waals surface area contributed by atoms with Crippen molar-refractivity contribution in [1.82, 2.24) is 4.98 Å². The summed E-state index contributed by atoms with van der Waals surface area (Å²) in [6.07, 6.45) is 0.743. The SMILES string of the molecule is CCOCC1CC2(CCCCC2)C(=O)N1c1ccc(O[C@H](C)C(F)(F)F)nc1. The van der Waals surface area contributed by atoms with Crippen LogP contribution in [0.3, 0.4) is 0 Å². The molecule has 2 heterocycles. The number of hydrogen-bond donors (Lipinski definition) is 0. The van der Waals surface area contributed by atoms with Crippen LogP contribution in [-0.2, 0) is 9.53 Å². The molecule has 1 aromatic heterocycles. The van der Waals surface area contributed by atoms with E-state index in [2.05, 4.69) is 4.98 Å². The van der Waals surface area contributed by atoms with Gasteiger partial charge in [-0.15, -0.1) is 0 Å². The van der Waals surface area contributed by atoms with E-state index in [4.69, 9.17) is 9.47 Å². The van der Waals surface area contributed by atoms with Gasteiger partial charge >= 0.3 is 6.18 Å². The average Bonchev–Trinajstić information content (AvgIpc) is 2.92. The zero-order valence-electron chi connectivity index (χ0n) is 16.3. The minimum atomic E-state index is -4.46. The van der Waals surface area contributed by atoms with Gasteiger partial charge in [0.25, 0.3) is 0 Å². The van der Waals surface area contributed by atoms with Crippen molar-refractivity contribution in [2.45, 2.75) is 70.7 Å². The van der Waals surface area contributed by atoms with Crippen LogP contribution < -0.4 is 9.64 Å². The summed E-state index contributed by atoms with van der Waals surface area (Å²) in [6, 6.07) is 2.90. The van der Waals surface area contributed by atoms with Gasteiger partial charge in [-0.25, -0.2) is 4.98 Å². The maximum Gasteiger partial charge on any atom is 0.425 e. The van der Waals surface area contributed by atoms with Gasteiger partial charge in [0, 0.05) is 12.7 Å². The minimum absolute atomic E-state index is 0.0797. The monoisotopic (exact) mass is 400 g/mol. The Morgan fingerprint density at radius 3 is 2.57 bits per heavy atom. The number of pyridine rings is 1. The first-order valence-corrected chi connectivity index (χ1v) is 9.88. The van der Waals surface area contributed by atoms with E-state index >= 15 is 0 Å². The van der Waals surface area contributed by atoms with E-state index in [9.17, 15) is 18.0 Å². The Bertz CT molecular complexity index is 672. The molecule has 1 spiro atoms. The molecular weight excluding hydrogens is 373 g/mol. The molecule has 156 valence electrons. The molecule has 1 amide bonds. The molecule has 1 saturated heterocycles. The number of carbonyl (C=O) groups is 1. The highest BCUT2D eigenvalue weighted by Crippen LogP contribution is 2.48. The minimum Gasteiger partial charge on any atom is -0.465 e. The third-order valence-electron chi connectivity index (χ3n) is 5.75. The van der Waals surface area contributed by atoms with Crippen molar-refractivity contribution in [2.75, 3.05) is 18.1 Å². The van der Waals surface area contributed by atoms with Crippen LogP contribution in [0.5, 0.6) is 5.88 Å². The van der Waals surface area contributed by atoms with Gasteiger partial charge in [-0.3, -0.25) is 4.79 Å². The van der Waals surface area contributed by atoms with Gasteiger partial charge in [0.05, 0.1) is 29.9 Å². The highest BCUT2D eigenvalue weighted by Gasteiger charge is 2.52. The van der Waals surface area contributed by atoms with Crippen LogP contribution in [0.4, 0.5) is 18.9 Å².